The zero-order valence-electron chi connectivity index (χ0n) is 14.5. The summed E-state index contributed by atoms with van der Waals surface area (Å²) in [5.74, 6) is -0.281. The van der Waals surface area contributed by atoms with E-state index in [1.54, 1.807) is 7.05 Å². The fourth-order valence-electron chi connectivity index (χ4n) is 2.53. The Balaban J connectivity index is 4.21. The molecule has 0 aliphatic rings. The Morgan fingerprint density at radius 1 is 0.957 bits per heavy atom. The molecule has 2 amide bonds. The van der Waals surface area contributed by atoms with Crippen LogP contribution in [0.1, 0.15) is 44.9 Å². The van der Waals surface area contributed by atoms with Crippen molar-refractivity contribution in [1.82, 2.24) is 9.80 Å². The van der Waals surface area contributed by atoms with Gasteiger partial charge < -0.3 is 20.8 Å². The minimum absolute atomic E-state index is 0.0110. The molecule has 0 aliphatic heterocycles. The van der Waals surface area contributed by atoms with Gasteiger partial charge in [0.15, 0.2) is 0 Å². The molecule has 0 radical (unpaired) electrons. The molecule has 0 bridgehead atoms. The van der Waals surface area contributed by atoms with E-state index < -0.39 is 0 Å². The second-order valence-electron chi connectivity index (χ2n) is 5.98. The molecular formula is C16H33N3O4. The highest BCUT2D eigenvalue weighted by Crippen LogP contribution is 2.13. The van der Waals surface area contributed by atoms with Gasteiger partial charge in [-0.3, -0.25) is 14.5 Å². The first-order valence-electron chi connectivity index (χ1n) is 8.39. The highest BCUT2D eigenvalue weighted by atomic mass is 16.3. The summed E-state index contributed by atoms with van der Waals surface area (Å²) in [5, 5.41) is 18.0. The summed E-state index contributed by atoms with van der Waals surface area (Å²) in [4.78, 5) is 26.5. The smallest absolute Gasteiger partial charge is 0.239 e. The van der Waals surface area contributed by atoms with Crippen molar-refractivity contribution in [2.24, 2.45) is 5.73 Å². The van der Waals surface area contributed by atoms with Gasteiger partial charge in [0.05, 0.1) is 19.3 Å². The molecule has 0 aromatic rings. The maximum absolute atomic E-state index is 12.4. The molecule has 0 aromatic heterocycles. The number of hydrogen-bond donors (Lipinski definition) is 3. The third-order valence-electron chi connectivity index (χ3n) is 3.98. The second kappa shape index (κ2) is 13.3. The van der Waals surface area contributed by atoms with E-state index in [0.717, 1.165) is 38.5 Å². The fourth-order valence-corrected chi connectivity index (χ4v) is 2.53. The van der Waals surface area contributed by atoms with Crippen molar-refractivity contribution in [3.8, 4) is 0 Å². The molecule has 0 spiro atoms. The molecule has 0 heterocycles. The summed E-state index contributed by atoms with van der Waals surface area (Å²) in [5.41, 5.74) is 5.10. The summed E-state index contributed by atoms with van der Waals surface area (Å²) in [6, 6.07) is -0.274. The summed E-state index contributed by atoms with van der Waals surface area (Å²) >= 11 is 0. The minimum Gasteiger partial charge on any atom is -0.395 e. The van der Waals surface area contributed by atoms with Crippen LogP contribution in [0.4, 0.5) is 0 Å². The molecule has 4 N–H and O–H groups in total. The van der Waals surface area contributed by atoms with Crippen LogP contribution in [0.2, 0.25) is 0 Å². The number of aliphatic hydroxyl groups excluding tert-OH is 2. The van der Waals surface area contributed by atoms with Gasteiger partial charge in [0.25, 0.3) is 0 Å². The molecule has 0 fully saturated rings. The third-order valence-corrected chi connectivity index (χ3v) is 3.98. The van der Waals surface area contributed by atoms with Crippen LogP contribution in [0.5, 0.6) is 0 Å². The van der Waals surface area contributed by atoms with Crippen molar-refractivity contribution in [2.45, 2.75) is 51.0 Å². The number of aliphatic hydroxyl groups is 2. The SMILES string of the molecule is CN(CCO)C(=O)C(CCCCCCCC(N)=O)N(C)CCO. The van der Waals surface area contributed by atoms with E-state index in [2.05, 4.69) is 0 Å². The molecule has 1 unspecified atom stereocenters. The number of nitrogens with zero attached hydrogens (tertiary/aromatic N) is 2. The number of nitrogens with two attached hydrogens (primary N) is 1. The Labute approximate surface area is 139 Å². The lowest BCUT2D eigenvalue weighted by Gasteiger charge is -2.30. The van der Waals surface area contributed by atoms with Crippen molar-refractivity contribution in [1.29, 1.82) is 0 Å². The lowest BCUT2D eigenvalue weighted by Crippen LogP contribution is -2.47. The molecule has 0 saturated heterocycles. The number of primary amides is 1. The van der Waals surface area contributed by atoms with Crippen LogP contribution in [-0.4, -0.2) is 78.3 Å². The van der Waals surface area contributed by atoms with Gasteiger partial charge in [0, 0.05) is 26.6 Å². The number of rotatable bonds is 14. The van der Waals surface area contributed by atoms with Gasteiger partial charge in [-0.05, 0) is 19.9 Å². The van der Waals surface area contributed by atoms with Crippen LogP contribution in [0.15, 0.2) is 0 Å². The molecule has 7 heteroatoms. The number of likely N-dealkylation sites (N-methyl/N-ethyl adjacent to an activating group) is 2. The zero-order valence-corrected chi connectivity index (χ0v) is 14.5. The van der Waals surface area contributed by atoms with E-state index in [1.165, 1.54) is 4.90 Å². The zero-order chi connectivity index (χ0) is 17.7. The van der Waals surface area contributed by atoms with Crippen LogP contribution >= 0.6 is 0 Å². The van der Waals surface area contributed by atoms with Crippen molar-refractivity contribution in [2.75, 3.05) is 40.4 Å². The molecule has 1 atom stereocenters. The van der Waals surface area contributed by atoms with Crippen molar-refractivity contribution in [3.63, 3.8) is 0 Å². The molecule has 23 heavy (non-hydrogen) atoms. The van der Waals surface area contributed by atoms with Crippen LogP contribution in [0.3, 0.4) is 0 Å². The standard InChI is InChI=1S/C16H33N3O4/c1-18(10-12-20)14(16(23)19(2)11-13-21)8-6-4-3-5-7-9-15(17)22/h14,20-21H,3-13H2,1-2H3,(H2,17,22). The number of carbonyl (C=O) groups is 2. The number of unbranched alkanes of at least 4 members (excludes halogenated alkanes) is 4. The second-order valence-corrected chi connectivity index (χ2v) is 5.98. The predicted octanol–water partition coefficient (Wildman–Crippen LogP) is -0.0542. The van der Waals surface area contributed by atoms with Gasteiger partial charge in [-0.15, -0.1) is 0 Å². The number of carbonyl (C=O) groups excluding carboxylic acids is 2. The fraction of sp³-hybridized carbons (Fsp3) is 0.875. The molecule has 0 rings (SSSR count). The molecule has 0 aromatic carbocycles. The van der Waals surface area contributed by atoms with Gasteiger partial charge in [-0.2, -0.15) is 0 Å². The van der Waals surface area contributed by atoms with E-state index in [9.17, 15) is 9.59 Å². The molecule has 136 valence electrons. The van der Waals surface area contributed by atoms with E-state index in [0.29, 0.717) is 19.5 Å². The minimum atomic E-state index is -0.274. The Hall–Kier alpha value is -1.18. The summed E-state index contributed by atoms with van der Waals surface area (Å²) < 4.78 is 0. The highest BCUT2D eigenvalue weighted by Gasteiger charge is 2.25. The summed E-state index contributed by atoms with van der Waals surface area (Å²) in [6.07, 6.45) is 5.88. The van der Waals surface area contributed by atoms with Crippen molar-refractivity contribution < 1.29 is 19.8 Å². The first-order chi connectivity index (χ1) is 10.9. The lowest BCUT2D eigenvalue weighted by atomic mass is 10.0. The largest absolute Gasteiger partial charge is 0.395 e. The Kier molecular flexibility index (Phi) is 12.6. The van der Waals surface area contributed by atoms with Gasteiger partial charge in [0.2, 0.25) is 11.8 Å². The first-order valence-corrected chi connectivity index (χ1v) is 8.39. The summed E-state index contributed by atoms with van der Waals surface area (Å²) in [6.45, 7) is 0.715. The van der Waals surface area contributed by atoms with E-state index in [4.69, 9.17) is 15.9 Å². The van der Waals surface area contributed by atoms with Crippen LogP contribution in [0.25, 0.3) is 0 Å². The number of amides is 2. The normalized spacial score (nSPS) is 12.4. The summed E-state index contributed by atoms with van der Waals surface area (Å²) in [7, 11) is 3.51. The van der Waals surface area contributed by atoms with Crippen LogP contribution in [-0.2, 0) is 9.59 Å². The average molecular weight is 331 g/mol. The van der Waals surface area contributed by atoms with Gasteiger partial charge in [0.1, 0.15) is 0 Å². The molecule has 0 aliphatic carbocycles. The van der Waals surface area contributed by atoms with Gasteiger partial charge >= 0.3 is 0 Å². The number of hydrogen-bond acceptors (Lipinski definition) is 5. The highest BCUT2D eigenvalue weighted by molar-refractivity contribution is 5.81. The molecule has 7 nitrogen and oxygen atoms in total. The first kappa shape index (κ1) is 21.8. The van der Waals surface area contributed by atoms with Gasteiger partial charge in [-0.25, -0.2) is 0 Å². The monoisotopic (exact) mass is 331 g/mol. The maximum Gasteiger partial charge on any atom is 0.239 e. The quantitative estimate of drug-likeness (QED) is 0.387. The van der Waals surface area contributed by atoms with E-state index in [1.807, 2.05) is 11.9 Å². The third kappa shape index (κ3) is 10.3. The van der Waals surface area contributed by atoms with E-state index >= 15 is 0 Å². The van der Waals surface area contributed by atoms with Gasteiger partial charge in [-0.1, -0.05) is 25.7 Å². The average Bonchev–Trinajstić information content (AvgIpc) is 2.49. The van der Waals surface area contributed by atoms with E-state index in [-0.39, 0.29) is 31.1 Å². The van der Waals surface area contributed by atoms with Crippen LogP contribution in [0, 0.1) is 0 Å². The Morgan fingerprint density at radius 3 is 2.09 bits per heavy atom. The Morgan fingerprint density at radius 2 is 1.52 bits per heavy atom. The predicted molar refractivity (Wildman–Crippen MR) is 89.7 cm³/mol. The topological polar surface area (TPSA) is 107 Å². The lowest BCUT2D eigenvalue weighted by molar-refractivity contribution is -0.136. The van der Waals surface area contributed by atoms with Crippen molar-refractivity contribution in [3.05, 3.63) is 0 Å². The molecule has 0 saturated carbocycles. The Bertz CT molecular complexity index is 339. The molecular weight excluding hydrogens is 298 g/mol. The maximum atomic E-state index is 12.4. The van der Waals surface area contributed by atoms with Crippen molar-refractivity contribution >= 4 is 11.8 Å². The van der Waals surface area contributed by atoms with Crippen LogP contribution < -0.4 is 5.73 Å².